The van der Waals surface area contributed by atoms with Crippen molar-refractivity contribution in [3.8, 4) is 27.9 Å². The molecule has 51 heavy (non-hydrogen) atoms. The van der Waals surface area contributed by atoms with Crippen LogP contribution in [0.25, 0.3) is 60.5 Å². The van der Waals surface area contributed by atoms with E-state index < -0.39 is 5.41 Å². The zero-order chi connectivity index (χ0) is 33.2. The maximum absolute atomic E-state index is 2.72. The summed E-state index contributed by atoms with van der Waals surface area (Å²) in [6.45, 7) is 2.29. The topological polar surface area (TPSA) is 8.17 Å². The molecule has 1 aromatic heterocycles. The zero-order valence-corrected chi connectivity index (χ0v) is 28.0. The molecule has 2 nitrogen and oxygen atoms in total. The minimum Gasteiger partial charge on any atom is -0.376 e. The Bertz CT molecular complexity index is 3030. The Morgan fingerprint density at radius 1 is 0.490 bits per heavy atom. The van der Waals surface area contributed by atoms with Crippen molar-refractivity contribution in [3.63, 3.8) is 0 Å². The van der Waals surface area contributed by atoms with Crippen molar-refractivity contribution in [2.75, 3.05) is 4.81 Å². The summed E-state index contributed by atoms with van der Waals surface area (Å²) in [6, 6.07) is 60.2. The van der Waals surface area contributed by atoms with Gasteiger partial charge in [-0.3, -0.25) is 0 Å². The summed E-state index contributed by atoms with van der Waals surface area (Å²) in [7, 11) is 0. The lowest BCUT2D eigenvalue weighted by Gasteiger charge is -2.51. The summed E-state index contributed by atoms with van der Waals surface area (Å²) < 4.78 is 2.59. The van der Waals surface area contributed by atoms with Gasteiger partial charge in [0, 0.05) is 33.4 Å². The molecule has 9 aromatic rings. The van der Waals surface area contributed by atoms with Crippen molar-refractivity contribution in [2.24, 2.45) is 0 Å². The number of aromatic nitrogens is 1. The van der Waals surface area contributed by atoms with Gasteiger partial charge in [-0.15, -0.1) is 0 Å². The molecule has 0 saturated carbocycles. The van der Waals surface area contributed by atoms with Gasteiger partial charge in [-0.2, -0.15) is 0 Å². The molecule has 13 rings (SSSR count). The first-order valence-electron chi connectivity index (χ1n) is 18.1. The molecule has 234 valence electrons. The molecular formula is C48H29BN2. The van der Waals surface area contributed by atoms with E-state index in [1.165, 1.54) is 111 Å². The number of hydrogen-bond donors (Lipinski definition) is 0. The lowest BCUT2D eigenvalue weighted by Crippen LogP contribution is -2.62. The first-order valence-corrected chi connectivity index (χ1v) is 18.1. The lowest BCUT2D eigenvalue weighted by molar-refractivity contribution is 0.756. The van der Waals surface area contributed by atoms with Gasteiger partial charge < -0.3 is 9.38 Å². The fraction of sp³-hybridized carbons (Fsp3) is 0.0417. The highest BCUT2D eigenvalue weighted by Crippen LogP contribution is 2.64. The second kappa shape index (κ2) is 8.88. The highest BCUT2D eigenvalue weighted by atomic mass is 15.1. The largest absolute Gasteiger partial charge is 0.376 e. The monoisotopic (exact) mass is 644 g/mol. The molecule has 8 aromatic carbocycles. The molecule has 0 amide bonds. The number of fused-ring (bicyclic) bond motifs is 17. The van der Waals surface area contributed by atoms with Crippen LogP contribution in [0.2, 0.25) is 0 Å². The maximum atomic E-state index is 2.72. The van der Waals surface area contributed by atoms with Crippen molar-refractivity contribution >= 4 is 61.7 Å². The highest BCUT2D eigenvalue weighted by Gasteiger charge is 2.55. The molecular weight excluding hydrogens is 615 g/mol. The van der Waals surface area contributed by atoms with Crippen LogP contribution in [0.4, 0.5) is 11.4 Å². The number of hydrogen-bond acceptors (Lipinski definition) is 1. The molecule has 0 radical (unpaired) electrons. The predicted octanol–water partition coefficient (Wildman–Crippen LogP) is 10.2. The molecule has 0 atom stereocenters. The Hall–Kier alpha value is -6.32. The van der Waals surface area contributed by atoms with Crippen LogP contribution < -0.4 is 15.7 Å². The van der Waals surface area contributed by atoms with E-state index in [1.807, 2.05) is 0 Å². The number of benzene rings is 8. The van der Waals surface area contributed by atoms with Crippen LogP contribution in [0.3, 0.4) is 0 Å². The molecule has 0 saturated heterocycles. The average molecular weight is 645 g/mol. The van der Waals surface area contributed by atoms with Gasteiger partial charge in [0.25, 0.3) is 0 Å². The van der Waals surface area contributed by atoms with Crippen molar-refractivity contribution in [1.29, 1.82) is 0 Å². The van der Waals surface area contributed by atoms with Crippen LogP contribution in [-0.4, -0.2) is 11.4 Å². The third kappa shape index (κ3) is 2.90. The van der Waals surface area contributed by atoms with E-state index in [2.05, 4.69) is 174 Å². The summed E-state index contributed by atoms with van der Waals surface area (Å²) in [5.41, 5.74) is 21.0. The number of para-hydroxylation sites is 3. The molecule has 1 aliphatic carbocycles. The smallest absolute Gasteiger partial charge is 0.333 e. The van der Waals surface area contributed by atoms with E-state index in [0.29, 0.717) is 0 Å². The Morgan fingerprint density at radius 3 is 1.94 bits per heavy atom. The van der Waals surface area contributed by atoms with Crippen LogP contribution in [0.5, 0.6) is 0 Å². The van der Waals surface area contributed by atoms with Crippen LogP contribution >= 0.6 is 0 Å². The summed E-state index contributed by atoms with van der Waals surface area (Å²) in [5, 5.41) is 5.19. The maximum Gasteiger partial charge on any atom is 0.333 e. The van der Waals surface area contributed by atoms with Gasteiger partial charge in [-0.25, -0.2) is 0 Å². The lowest BCUT2D eigenvalue weighted by atomic mass is 9.42. The van der Waals surface area contributed by atoms with Crippen LogP contribution in [0, 0.1) is 6.92 Å². The van der Waals surface area contributed by atoms with Crippen molar-refractivity contribution in [3.05, 3.63) is 186 Å². The molecule has 4 aliphatic rings. The molecule has 3 aliphatic heterocycles. The van der Waals surface area contributed by atoms with E-state index >= 15 is 0 Å². The minimum atomic E-state index is -0.425. The fourth-order valence-corrected chi connectivity index (χ4v) is 10.8. The first kappa shape index (κ1) is 26.5. The van der Waals surface area contributed by atoms with E-state index in [1.54, 1.807) is 0 Å². The van der Waals surface area contributed by atoms with E-state index in [4.69, 9.17) is 0 Å². The number of nitrogens with zero attached hydrogens (tertiary/aromatic N) is 2. The Balaban J connectivity index is 1.22. The van der Waals surface area contributed by atoms with Gasteiger partial charge in [0.1, 0.15) is 0 Å². The van der Waals surface area contributed by atoms with Gasteiger partial charge in [0.2, 0.25) is 0 Å². The van der Waals surface area contributed by atoms with Gasteiger partial charge in [0.15, 0.2) is 0 Å². The SMILES string of the molecule is Cc1cc2c3c(c1)-n1c4cc5ccccc5cc4c4cccc(c41)B3N1c3ccccc3C3(c4ccccc4-c4ccccc43)c3cccc-2c31. The molecule has 3 heteroatoms. The Labute approximate surface area is 295 Å². The third-order valence-electron chi connectivity index (χ3n) is 12.5. The summed E-state index contributed by atoms with van der Waals surface area (Å²) >= 11 is 0. The molecule has 0 N–H and O–H groups in total. The summed E-state index contributed by atoms with van der Waals surface area (Å²) in [4.78, 5) is 2.72. The van der Waals surface area contributed by atoms with Gasteiger partial charge >= 0.3 is 6.85 Å². The summed E-state index contributed by atoms with van der Waals surface area (Å²) in [6.07, 6.45) is 0. The predicted molar refractivity (Wildman–Crippen MR) is 213 cm³/mol. The normalized spacial score (nSPS) is 14.8. The molecule has 0 unspecified atom stereocenters. The van der Waals surface area contributed by atoms with Crippen molar-refractivity contribution in [2.45, 2.75) is 12.3 Å². The molecule has 1 spiro atoms. The van der Waals surface area contributed by atoms with E-state index in [0.717, 1.165) is 0 Å². The Morgan fingerprint density at radius 2 is 1.14 bits per heavy atom. The quantitative estimate of drug-likeness (QED) is 0.149. The molecule has 0 bridgehead atoms. The van der Waals surface area contributed by atoms with Crippen LogP contribution in [0.15, 0.2) is 158 Å². The first-order chi connectivity index (χ1) is 25.2. The fourth-order valence-electron chi connectivity index (χ4n) is 10.8. The third-order valence-corrected chi connectivity index (χ3v) is 12.5. The van der Waals surface area contributed by atoms with Gasteiger partial charge in [0.05, 0.1) is 16.4 Å². The Kier molecular flexibility index (Phi) is 4.62. The van der Waals surface area contributed by atoms with Gasteiger partial charge in [-0.05, 0) is 97.4 Å². The number of rotatable bonds is 0. The number of aryl methyl sites for hydroxylation is 1. The molecule has 0 fully saturated rings. The average Bonchev–Trinajstić information content (AvgIpc) is 3.66. The van der Waals surface area contributed by atoms with E-state index in [-0.39, 0.29) is 6.85 Å². The van der Waals surface area contributed by atoms with Crippen molar-refractivity contribution < 1.29 is 0 Å². The standard InChI is InChI=1S/C48H29BN2/c1-28-24-36-34-16-10-21-40-46(34)51(42-23-9-8-20-39(42)48(40)37-18-6-4-14-31(37)32-15-5-7-19-38(32)48)49-41-22-11-17-33-35-26-29-12-2-3-13-30(29)27-43(35)50(47(33)41)44(25-28)45(36)49/h2-27H,1H3. The van der Waals surface area contributed by atoms with Crippen LogP contribution in [-0.2, 0) is 5.41 Å². The van der Waals surface area contributed by atoms with Gasteiger partial charge in [-0.1, -0.05) is 133 Å². The van der Waals surface area contributed by atoms with Crippen molar-refractivity contribution in [1.82, 2.24) is 4.57 Å². The van der Waals surface area contributed by atoms with Crippen LogP contribution in [0.1, 0.15) is 27.8 Å². The minimum absolute atomic E-state index is 0.0181. The second-order valence-electron chi connectivity index (χ2n) is 14.9. The second-order valence-corrected chi connectivity index (χ2v) is 14.9. The highest BCUT2D eigenvalue weighted by molar-refractivity contribution is 6.93. The summed E-state index contributed by atoms with van der Waals surface area (Å²) in [5.74, 6) is 0. The number of anilines is 2. The van der Waals surface area contributed by atoms with E-state index in [9.17, 15) is 0 Å². The zero-order valence-electron chi connectivity index (χ0n) is 28.0. The molecule has 4 heterocycles.